The number of carbonyl (C=O) groups is 1. The predicted octanol–water partition coefficient (Wildman–Crippen LogP) is 1.50. The lowest BCUT2D eigenvalue weighted by molar-refractivity contribution is -0.147. The second-order valence-corrected chi connectivity index (χ2v) is 2.86. The molecule has 14 heavy (non-hydrogen) atoms. The van der Waals surface area contributed by atoms with Crippen molar-refractivity contribution in [3.63, 3.8) is 0 Å². The molecule has 0 saturated heterocycles. The highest BCUT2D eigenvalue weighted by Gasteiger charge is 2.05. The van der Waals surface area contributed by atoms with E-state index < -0.39 is 6.23 Å². The van der Waals surface area contributed by atoms with Gasteiger partial charge in [-0.1, -0.05) is 30.3 Å². The third-order valence-electron chi connectivity index (χ3n) is 1.51. The Kier molecular flexibility index (Phi) is 5.92. The van der Waals surface area contributed by atoms with E-state index in [-0.39, 0.29) is 24.8 Å². The summed E-state index contributed by atoms with van der Waals surface area (Å²) in [5.74, 6) is -0.291. The molecule has 1 aromatic rings. The number of hydrogen-bond donors (Lipinski definition) is 1. The average Bonchev–Trinajstić information content (AvgIpc) is 2.04. The summed E-state index contributed by atoms with van der Waals surface area (Å²) in [5.41, 5.74) is 6.24. The molecule has 78 valence electrons. The Labute approximate surface area is 89.7 Å². The molecule has 0 unspecified atom stereocenters. The van der Waals surface area contributed by atoms with Crippen molar-refractivity contribution in [3.8, 4) is 0 Å². The minimum atomic E-state index is -0.531. The second kappa shape index (κ2) is 6.40. The van der Waals surface area contributed by atoms with Gasteiger partial charge in [0.15, 0.2) is 0 Å². The summed E-state index contributed by atoms with van der Waals surface area (Å²) >= 11 is 0. The van der Waals surface area contributed by atoms with E-state index in [0.717, 1.165) is 5.56 Å². The van der Waals surface area contributed by atoms with E-state index in [1.165, 1.54) is 0 Å². The molecule has 0 heterocycles. The van der Waals surface area contributed by atoms with Crippen molar-refractivity contribution in [1.82, 2.24) is 0 Å². The Morgan fingerprint density at radius 1 is 1.43 bits per heavy atom. The minimum absolute atomic E-state index is 0. The first kappa shape index (κ1) is 12.9. The van der Waals surface area contributed by atoms with Crippen LogP contribution in [0.1, 0.15) is 12.5 Å². The van der Waals surface area contributed by atoms with Crippen LogP contribution in [0.15, 0.2) is 30.3 Å². The number of nitrogens with two attached hydrogens (primary N) is 1. The standard InChI is InChI=1S/C10H13NO2.ClH/c1-8(11)13-10(12)7-9-5-3-2-4-6-9;/h2-6,8H,7,11H2,1H3;1H/t8-;/m0./s1. The molecule has 0 aliphatic heterocycles. The molecule has 0 radical (unpaired) electrons. The summed E-state index contributed by atoms with van der Waals surface area (Å²) < 4.78 is 4.79. The summed E-state index contributed by atoms with van der Waals surface area (Å²) in [4.78, 5) is 11.1. The van der Waals surface area contributed by atoms with Gasteiger partial charge < -0.3 is 4.74 Å². The maximum atomic E-state index is 11.1. The van der Waals surface area contributed by atoms with Crippen LogP contribution >= 0.6 is 12.4 Å². The summed E-state index contributed by atoms with van der Waals surface area (Å²) in [5, 5.41) is 0. The van der Waals surface area contributed by atoms with Crippen LogP contribution in [0.2, 0.25) is 0 Å². The number of benzene rings is 1. The topological polar surface area (TPSA) is 52.3 Å². The lowest BCUT2D eigenvalue weighted by Gasteiger charge is -2.07. The number of hydrogen-bond acceptors (Lipinski definition) is 3. The van der Waals surface area contributed by atoms with Gasteiger partial charge in [-0.15, -0.1) is 12.4 Å². The van der Waals surface area contributed by atoms with Gasteiger partial charge in [-0.25, -0.2) is 0 Å². The first-order valence-corrected chi connectivity index (χ1v) is 4.17. The van der Waals surface area contributed by atoms with E-state index in [1.807, 2.05) is 30.3 Å². The van der Waals surface area contributed by atoms with Gasteiger partial charge in [0.05, 0.1) is 6.42 Å². The molecule has 3 nitrogen and oxygen atoms in total. The molecule has 0 bridgehead atoms. The van der Waals surface area contributed by atoms with Crippen LogP contribution in [0.25, 0.3) is 0 Å². The van der Waals surface area contributed by atoms with E-state index in [2.05, 4.69) is 0 Å². The van der Waals surface area contributed by atoms with Gasteiger partial charge in [-0.05, 0) is 12.5 Å². The van der Waals surface area contributed by atoms with Crippen molar-refractivity contribution in [2.24, 2.45) is 5.73 Å². The molecule has 0 fully saturated rings. The number of carbonyl (C=O) groups excluding carboxylic acids is 1. The van der Waals surface area contributed by atoms with Crippen molar-refractivity contribution in [1.29, 1.82) is 0 Å². The van der Waals surface area contributed by atoms with Crippen molar-refractivity contribution >= 4 is 18.4 Å². The number of halogens is 1. The largest absolute Gasteiger partial charge is 0.447 e. The normalized spacial score (nSPS) is 11.3. The Balaban J connectivity index is 0.00000169. The van der Waals surface area contributed by atoms with Crippen molar-refractivity contribution < 1.29 is 9.53 Å². The van der Waals surface area contributed by atoms with Crippen LogP contribution in [-0.2, 0) is 16.0 Å². The summed E-state index contributed by atoms with van der Waals surface area (Å²) in [7, 11) is 0. The smallest absolute Gasteiger partial charge is 0.311 e. The Morgan fingerprint density at radius 2 is 2.00 bits per heavy atom. The van der Waals surface area contributed by atoms with Crippen LogP contribution in [0.5, 0.6) is 0 Å². The Morgan fingerprint density at radius 3 is 2.50 bits per heavy atom. The Hall–Kier alpha value is -1.06. The molecule has 2 N–H and O–H groups in total. The SMILES string of the molecule is C[C@@H](N)OC(=O)Cc1ccccc1.Cl. The minimum Gasteiger partial charge on any atom is -0.447 e. The quantitative estimate of drug-likeness (QED) is 0.614. The highest BCUT2D eigenvalue weighted by Crippen LogP contribution is 2.00. The molecular weight excluding hydrogens is 202 g/mol. The van der Waals surface area contributed by atoms with Crippen LogP contribution in [0.3, 0.4) is 0 Å². The number of ether oxygens (including phenoxy) is 1. The summed E-state index contributed by atoms with van der Waals surface area (Å²) in [6, 6.07) is 9.42. The van der Waals surface area contributed by atoms with Gasteiger partial charge in [0.1, 0.15) is 6.23 Å². The van der Waals surface area contributed by atoms with Crippen LogP contribution in [-0.4, -0.2) is 12.2 Å². The third-order valence-corrected chi connectivity index (χ3v) is 1.51. The van der Waals surface area contributed by atoms with E-state index in [1.54, 1.807) is 6.92 Å². The second-order valence-electron chi connectivity index (χ2n) is 2.86. The first-order valence-electron chi connectivity index (χ1n) is 4.17. The van der Waals surface area contributed by atoms with E-state index in [4.69, 9.17) is 10.5 Å². The fourth-order valence-corrected chi connectivity index (χ4v) is 1.01. The Bertz CT molecular complexity index is 275. The molecule has 1 atom stereocenters. The molecule has 1 aromatic carbocycles. The molecule has 4 heteroatoms. The summed E-state index contributed by atoms with van der Waals surface area (Å²) in [6.45, 7) is 1.63. The van der Waals surface area contributed by atoms with E-state index in [9.17, 15) is 4.79 Å². The zero-order chi connectivity index (χ0) is 9.68. The van der Waals surface area contributed by atoms with E-state index >= 15 is 0 Å². The van der Waals surface area contributed by atoms with Gasteiger partial charge in [-0.3, -0.25) is 10.5 Å². The van der Waals surface area contributed by atoms with Gasteiger partial charge >= 0.3 is 5.97 Å². The van der Waals surface area contributed by atoms with Gasteiger partial charge in [0, 0.05) is 0 Å². The lowest BCUT2D eigenvalue weighted by Crippen LogP contribution is -2.24. The molecule has 0 aliphatic rings. The number of esters is 1. The predicted molar refractivity (Wildman–Crippen MR) is 57.1 cm³/mol. The van der Waals surface area contributed by atoms with Crippen molar-refractivity contribution in [2.45, 2.75) is 19.6 Å². The van der Waals surface area contributed by atoms with Crippen LogP contribution in [0.4, 0.5) is 0 Å². The maximum absolute atomic E-state index is 11.1. The monoisotopic (exact) mass is 215 g/mol. The highest BCUT2D eigenvalue weighted by atomic mass is 35.5. The molecule has 0 amide bonds. The average molecular weight is 216 g/mol. The third kappa shape index (κ3) is 4.84. The van der Waals surface area contributed by atoms with E-state index in [0.29, 0.717) is 0 Å². The first-order chi connectivity index (χ1) is 6.18. The van der Waals surface area contributed by atoms with Gasteiger partial charge in [-0.2, -0.15) is 0 Å². The molecular formula is C10H14ClNO2. The van der Waals surface area contributed by atoms with Crippen LogP contribution < -0.4 is 5.73 Å². The molecule has 1 rings (SSSR count). The van der Waals surface area contributed by atoms with Crippen molar-refractivity contribution in [3.05, 3.63) is 35.9 Å². The molecule has 0 spiro atoms. The zero-order valence-electron chi connectivity index (χ0n) is 7.97. The molecule has 0 aliphatic carbocycles. The lowest BCUT2D eigenvalue weighted by atomic mass is 10.2. The molecule has 0 aromatic heterocycles. The van der Waals surface area contributed by atoms with Gasteiger partial charge in [0.2, 0.25) is 0 Å². The zero-order valence-corrected chi connectivity index (χ0v) is 8.79. The molecule has 0 saturated carbocycles. The van der Waals surface area contributed by atoms with Gasteiger partial charge in [0.25, 0.3) is 0 Å². The fourth-order valence-electron chi connectivity index (χ4n) is 1.01. The summed E-state index contributed by atoms with van der Waals surface area (Å²) in [6.07, 6.45) is -0.251. The highest BCUT2D eigenvalue weighted by molar-refractivity contribution is 5.85. The fraction of sp³-hybridized carbons (Fsp3) is 0.300. The van der Waals surface area contributed by atoms with Crippen molar-refractivity contribution in [2.75, 3.05) is 0 Å². The number of rotatable bonds is 3. The van der Waals surface area contributed by atoms with Crippen LogP contribution in [0, 0.1) is 0 Å². The maximum Gasteiger partial charge on any atom is 0.311 e.